The Hall–Kier alpha value is -3.15. The molecule has 3 nitrogen and oxygen atoms in total. The molecule has 5 heterocycles. The molecule has 5 heteroatoms. The van der Waals surface area contributed by atoms with Crippen LogP contribution >= 0.6 is 22.7 Å². The molecule has 0 aliphatic rings. The van der Waals surface area contributed by atoms with E-state index in [9.17, 15) is 0 Å². The molecule has 5 aromatic heterocycles. The zero-order valence-corrected chi connectivity index (χ0v) is 25.1. The lowest BCUT2D eigenvalue weighted by Gasteiger charge is -2.09. The van der Waals surface area contributed by atoms with Crippen LogP contribution in [0.25, 0.3) is 43.0 Å². The molecule has 200 valence electrons. The van der Waals surface area contributed by atoms with Gasteiger partial charge in [-0.25, -0.2) is 4.98 Å². The van der Waals surface area contributed by atoms with Gasteiger partial charge in [0.25, 0.3) is 0 Å². The molecule has 0 atom stereocenters. The molecule has 0 aromatic carbocycles. The molecule has 0 unspecified atom stereocenters. The Morgan fingerprint density at radius 1 is 0.641 bits per heavy atom. The van der Waals surface area contributed by atoms with E-state index in [0.29, 0.717) is 0 Å². The summed E-state index contributed by atoms with van der Waals surface area (Å²) in [7, 11) is 0. The molecule has 0 saturated heterocycles. The molecule has 5 rings (SSSR count). The van der Waals surface area contributed by atoms with E-state index < -0.39 is 0 Å². The van der Waals surface area contributed by atoms with Gasteiger partial charge in [-0.15, -0.1) is 22.7 Å². The predicted octanol–water partition coefficient (Wildman–Crippen LogP) is 10.2. The lowest BCUT2D eigenvalue weighted by molar-refractivity contribution is 0.668. The van der Waals surface area contributed by atoms with Gasteiger partial charge < -0.3 is 0 Å². The Balaban J connectivity index is 1.44. The van der Waals surface area contributed by atoms with E-state index >= 15 is 0 Å². The highest BCUT2D eigenvalue weighted by atomic mass is 32.1. The fourth-order valence-corrected chi connectivity index (χ4v) is 7.14. The fourth-order valence-electron chi connectivity index (χ4n) is 4.93. The van der Waals surface area contributed by atoms with E-state index in [1.807, 2.05) is 35.1 Å². The Morgan fingerprint density at radius 2 is 1.33 bits per heavy atom. The molecule has 0 spiro atoms. The van der Waals surface area contributed by atoms with Crippen LogP contribution in [0, 0.1) is 6.92 Å². The second kappa shape index (κ2) is 12.8. The molecule has 0 N–H and O–H groups in total. The van der Waals surface area contributed by atoms with E-state index in [1.165, 1.54) is 73.9 Å². The highest BCUT2D eigenvalue weighted by Crippen LogP contribution is 2.41. The zero-order chi connectivity index (χ0) is 27.2. The van der Waals surface area contributed by atoms with Crippen molar-refractivity contribution in [2.45, 2.75) is 72.6 Å². The number of hydrogen-bond acceptors (Lipinski definition) is 5. The third kappa shape index (κ3) is 6.54. The minimum absolute atomic E-state index is 0.897. The summed E-state index contributed by atoms with van der Waals surface area (Å²) in [6.07, 6.45) is 12.1. The Morgan fingerprint density at radius 3 is 2.08 bits per heavy atom. The van der Waals surface area contributed by atoms with Gasteiger partial charge in [-0.1, -0.05) is 40.0 Å². The van der Waals surface area contributed by atoms with Crippen molar-refractivity contribution in [3.8, 4) is 43.0 Å². The normalized spacial score (nSPS) is 11.3. The molecule has 5 aromatic rings. The number of aryl methyl sites for hydroxylation is 4. The van der Waals surface area contributed by atoms with E-state index in [1.54, 1.807) is 0 Å². The van der Waals surface area contributed by atoms with Gasteiger partial charge in [0, 0.05) is 31.9 Å². The van der Waals surface area contributed by atoms with Crippen LogP contribution in [0.4, 0.5) is 0 Å². The summed E-state index contributed by atoms with van der Waals surface area (Å²) in [4.78, 5) is 19.8. The van der Waals surface area contributed by atoms with E-state index in [-0.39, 0.29) is 0 Å². The molecule has 0 aliphatic heterocycles. The van der Waals surface area contributed by atoms with Crippen molar-refractivity contribution in [2.24, 2.45) is 0 Å². The lowest BCUT2D eigenvalue weighted by Crippen LogP contribution is -1.96. The Bertz CT molecular complexity index is 1550. The summed E-state index contributed by atoms with van der Waals surface area (Å²) in [6, 6.07) is 19.8. The third-order valence-electron chi connectivity index (χ3n) is 7.16. The predicted molar refractivity (Wildman–Crippen MR) is 169 cm³/mol. The summed E-state index contributed by atoms with van der Waals surface area (Å²) >= 11 is 3.81. The Kier molecular flexibility index (Phi) is 9.00. The molecule has 0 radical (unpaired) electrons. The van der Waals surface area contributed by atoms with Crippen LogP contribution in [0.1, 0.15) is 68.0 Å². The van der Waals surface area contributed by atoms with Crippen molar-refractivity contribution in [2.75, 3.05) is 0 Å². The van der Waals surface area contributed by atoms with Gasteiger partial charge in [0.05, 0.1) is 22.8 Å². The smallest absolute Gasteiger partial charge is 0.0897 e. The van der Waals surface area contributed by atoms with E-state index in [2.05, 4.69) is 87.3 Å². The van der Waals surface area contributed by atoms with Crippen LogP contribution in [-0.4, -0.2) is 15.0 Å². The van der Waals surface area contributed by atoms with Gasteiger partial charge in [-0.2, -0.15) is 0 Å². The number of thiophene rings is 2. The molecule has 39 heavy (non-hydrogen) atoms. The van der Waals surface area contributed by atoms with Crippen LogP contribution in [-0.2, 0) is 19.3 Å². The number of rotatable bonds is 11. The summed E-state index contributed by atoms with van der Waals surface area (Å²) in [5, 5.41) is 0. The van der Waals surface area contributed by atoms with Gasteiger partial charge in [-0.3, -0.25) is 9.97 Å². The first-order chi connectivity index (χ1) is 19.1. The summed E-state index contributed by atoms with van der Waals surface area (Å²) in [6.45, 7) is 8.85. The van der Waals surface area contributed by atoms with Crippen molar-refractivity contribution in [1.82, 2.24) is 15.0 Å². The molecular weight excluding hydrogens is 515 g/mol. The topological polar surface area (TPSA) is 38.7 Å². The average molecular weight is 552 g/mol. The van der Waals surface area contributed by atoms with Gasteiger partial charge >= 0.3 is 0 Å². The number of nitrogens with zero attached hydrogens (tertiary/aromatic N) is 3. The highest BCUT2D eigenvalue weighted by molar-refractivity contribution is 7.24. The zero-order valence-electron chi connectivity index (χ0n) is 23.5. The standard InChI is InChI=1S/C34H37N3S2/c1-5-8-9-10-11-27-18-23(4)38-34(27)33-13-12-32(39-33)26-15-17-36-29(22-26)31-21-25(7-3)20-30(37-31)28-19-24(6-2)14-16-35-28/h12-22H,5-11H2,1-4H3. The van der Waals surface area contributed by atoms with Crippen molar-refractivity contribution in [3.05, 3.63) is 88.6 Å². The molecular formula is C34H37N3S2. The van der Waals surface area contributed by atoms with Gasteiger partial charge in [0.1, 0.15) is 0 Å². The minimum atomic E-state index is 0.897. The summed E-state index contributed by atoms with van der Waals surface area (Å²) in [5.74, 6) is 0. The van der Waals surface area contributed by atoms with Gasteiger partial charge in [0.2, 0.25) is 0 Å². The number of aromatic nitrogens is 3. The van der Waals surface area contributed by atoms with E-state index in [4.69, 9.17) is 9.97 Å². The maximum absolute atomic E-state index is 5.02. The monoisotopic (exact) mass is 551 g/mol. The van der Waals surface area contributed by atoms with Crippen molar-refractivity contribution in [3.63, 3.8) is 0 Å². The van der Waals surface area contributed by atoms with Crippen LogP contribution < -0.4 is 0 Å². The summed E-state index contributed by atoms with van der Waals surface area (Å²) < 4.78 is 0. The van der Waals surface area contributed by atoms with Crippen LogP contribution in [0.2, 0.25) is 0 Å². The van der Waals surface area contributed by atoms with Crippen LogP contribution in [0.5, 0.6) is 0 Å². The van der Waals surface area contributed by atoms with E-state index in [0.717, 1.165) is 35.6 Å². The quantitative estimate of drug-likeness (QED) is 0.153. The van der Waals surface area contributed by atoms with Crippen molar-refractivity contribution >= 4 is 22.7 Å². The first kappa shape index (κ1) is 27.4. The first-order valence-corrected chi connectivity index (χ1v) is 15.8. The number of pyridine rings is 3. The summed E-state index contributed by atoms with van der Waals surface area (Å²) in [5.41, 5.74) is 8.82. The largest absolute Gasteiger partial charge is 0.255 e. The minimum Gasteiger partial charge on any atom is -0.255 e. The molecule has 0 amide bonds. The molecule has 0 saturated carbocycles. The van der Waals surface area contributed by atoms with Crippen LogP contribution in [0.15, 0.2) is 67.0 Å². The second-order valence-electron chi connectivity index (χ2n) is 10.1. The Labute approximate surface area is 241 Å². The van der Waals surface area contributed by atoms with Gasteiger partial charge in [-0.05, 0) is 109 Å². The maximum atomic E-state index is 5.02. The van der Waals surface area contributed by atoms with Crippen LogP contribution in [0.3, 0.4) is 0 Å². The molecule has 0 fully saturated rings. The fraction of sp³-hybridized carbons (Fsp3) is 0.324. The van der Waals surface area contributed by atoms with Gasteiger partial charge in [0.15, 0.2) is 0 Å². The average Bonchev–Trinajstić information content (AvgIpc) is 3.62. The highest BCUT2D eigenvalue weighted by Gasteiger charge is 2.14. The number of hydrogen-bond donors (Lipinski definition) is 0. The second-order valence-corrected chi connectivity index (χ2v) is 12.5. The SMILES string of the molecule is CCCCCCc1cc(C)sc1-c1ccc(-c2ccnc(-c3cc(CC)cc(-c4cc(CC)ccn4)n3)c2)s1. The van der Waals surface area contributed by atoms with Crippen molar-refractivity contribution in [1.29, 1.82) is 0 Å². The lowest BCUT2D eigenvalue weighted by atomic mass is 10.1. The number of unbranched alkanes of at least 4 members (excludes halogenated alkanes) is 3. The van der Waals surface area contributed by atoms with Crippen molar-refractivity contribution < 1.29 is 0 Å². The molecule has 0 aliphatic carbocycles. The molecule has 0 bridgehead atoms. The first-order valence-electron chi connectivity index (χ1n) is 14.2. The third-order valence-corrected chi connectivity index (χ3v) is 9.56. The maximum Gasteiger partial charge on any atom is 0.0897 e.